The molecular weight excluding hydrogens is 878 g/mol. The summed E-state index contributed by atoms with van der Waals surface area (Å²) in [6, 6.07) is 0. The zero-order valence-electron chi connectivity index (χ0n) is 31.1. The van der Waals surface area contributed by atoms with Crippen LogP contribution in [0.15, 0.2) is 39.6 Å². The molecule has 10 N–H and O–H groups in total. The van der Waals surface area contributed by atoms with Crippen LogP contribution in [0.1, 0.15) is 43.5 Å². The van der Waals surface area contributed by atoms with Crippen LogP contribution < -0.4 is 28.3 Å². The lowest BCUT2D eigenvalue weighted by Gasteiger charge is -2.27. The van der Waals surface area contributed by atoms with Crippen molar-refractivity contribution in [3.05, 3.63) is 61.9 Å². The maximum atomic E-state index is 12.5. The van der Waals surface area contributed by atoms with E-state index in [1.165, 1.54) is 36.7 Å². The standard InChI is InChI=1S/C30H38N12O14P2S2/c1-12-5-40(30(47)39-27(12)45)20-3-14(16(6-43)52-20)55-58(49,60)51-8-18-15(4-21(54-18)41-10-35-22-24(31)33-9-34-25(22)41)56-57(48,59)50-7-17-13(44)2-19(53-17)42-11-36-23-26(42)37-29(32)38-28(23)46/h5,9-11,13-21,43-44H,2-4,6-8H2,1H3,(H,48,59)(H,49,60)(H2,31,33,34)(H,39,45,47)(H3,32,37,38,46)/t13-,14-,15-,16+,17+,18+,19+,20+,21+,57?,58?/m0/s1. The van der Waals surface area contributed by atoms with Crippen LogP contribution in [-0.4, -0.2) is 125 Å². The number of nitrogens with zero attached hydrogens (tertiary/aromatic N) is 8. The molecule has 0 bridgehead atoms. The van der Waals surface area contributed by atoms with E-state index in [1.807, 2.05) is 0 Å². The van der Waals surface area contributed by atoms with Crippen LogP contribution in [-0.2, 0) is 55.9 Å². The Balaban J connectivity index is 0.949. The first-order valence-electron chi connectivity index (χ1n) is 18.0. The van der Waals surface area contributed by atoms with Crippen molar-refractivity contribution >= 4 is 71.1 Å². The summed E-state index contributed by atoms with van der Waals surface area (Å²) in [5.74, 6) is -0.0150. The fourth-order valence-electron chi connectivity index (χ4n) is 7.09. The fourth-order valence-corrected chi connectivity index (χ4v) is 10.0. The van der Waals surface area contributed by atoms with Gasteiger partial charge in [-0.3, -0.25) is 33.3 Å². The molecule has 3 saturated heterocycles. The Kier molecular flexibility index (Phi) is 11.9. The Morgan fingerprint density at radius 2 is 1.38 bits per heavy atom. The molecule has 0 amide bonds. The van der Waals surface area contributed by atoms with Crippen LogP contribution in [0.4, 0.5) is 11.8 Å². The molecule has 26 nitrogen and oxygen atoms in total. The molecule has 11 atom stereocenters. The molecule has 8 rings (SSSR count). The van der Waals surface area contributed by atoms with E-state index >= 15 is 0 Å². The number of hydrogen-bond acceptors (Lipinski definition) is 21. The van der Waals surface area contributed by atoms with E-state index in [4.69, 9.17) is 67.4 Å². The largest absolute Gasteiger partial charge is 0.394 e. The summed E-state index contributed by atoms with van der Waals surface area (Å²) in [5.41, 5.74) is 10.8. The molecule has 0 saturated carbocycles. The van der Waals surface area contributed by atoms with Gasteiger partial charge in [0.15, 0.2) is 22.6 Å². The second-order valence-corrected chi connectivity index (χ2v) is 19.6. The molecule has 3 fully saturated rings. The predicted molar refractivity (Wildman–Crippen MR) is 212 cm³/mol. The Morgan fingerprint density at radius 1 is 0.800 bits per heavy atom. The van der Waals surface area contributed by atoms with Crippen molar-refractivity contribution in [1.82, 2.24) is 48.6 Å². The number of imidazole rings is 2. The van der Waals surface area contributed by atoms with E-state index < -0.39 is 105 Å². The van der Waals surface area contributed by atoms with E-state index in [0.717, 1.165) is 4.57 Å². The maximum Gasteiger partial charge on any atom is 0.330 e. The van der Waals surface area contributed by atoms with E-state index in [9.17, 15) is 34.4 Å². The third kappa shape index (κ3) is 8.72. The van der Waals surface area contributed by atoms with Crippen LogP contribution in [0, 0.1) is 6.92 Å². The van der Waals surface area contributed by atoms with Gasteiger partial charge in [0.05, 0.1) is 50.8 Å². The monoisotopic (exact) mass is 916 g/mol. The Morgan fingerprint density at radius 3 is 2.08 bits per heavy atom. The topological polar surface area (TPSA) is 360 Å². The summed E-state index contributed by atoms with van der Waals surface area (Å²) in [5, 5.41) is 20.9. The van der Waals surface area contributed by atoms with Crippen LogP contribution in [0.3, 0.4) is 0 Å². The summed E-state index contributed by atoms with van der Waals surface area (Å²) >= 11 is 10.7. The lowest BCUT2D eigenvalue weighted by Crippen LogP contribution is -2.33. The lowest BCUT2D eigenvalue weighted by molar-refractivity contribution is -0.0542. The van der Waals surface area contributed by atoms with Gasteiger partial charge in [-0.2, -0.15) is 4.98 Å². The molecule has 0 aliphatic carbocycles. The van der Waals surface area contributed by atoms with E-state index in [0.29, 0.717) is 11.2 Å². The van der Waals surface area contributed by atoms with Crippen molar-refractivity contribution in [3.63, 3.8) is 0 Å². The molecule has 324 valence electrons. The van der Waals surface area contributed by atoms with Crippen LogP contribution in [0.25, 0.3) is 22.3 Å². The number of rotatable bonds is 14. The number of aliphatic hydroxyl groups excluding tert-OH is 2. The van der Waals surface area contributed by atoms with Crippen molar-refractivity contribution in [2.75, 3.05) is 31.3 Å². The summed E-state index contributed by atoms with van der Waals surface area (Å²) < 4.78 is 45.3. The van der Waals surface area contributed by atoms with Crippen molar-refractivity contribution < 1.29 is 52.3 Å². The number of aliphatic hydroxyl groups is 2. The predicted octanol–water partition coefficient (Wildman–Crippen LogP) is -1.56. The molecule has 2 unspecified atom stereocenters. The minimum atomic E-state index is -4.16. The smallest absolute Gasteiger partial charge is 0.330 e. The highest BCUT2D eigenvalue weighted by atomic mass is 32.5. The van der Waals surface area contributed by atoms with Crippen LogP contribution >= 0.6 is 13.4 Å². The fraction of sp³-hybridized carbons (Fsp3) is 0.533. The van der Waals surface area contributed by atoms with Gasteiger partial charge in [-0.25, -0.2) is 24.7 Å². The quantitative estimate of drug-likeness (QED) is 0.0584. The van der Waals surface area contributed by atoms with Gasteiger partial charge >= 0.3 is 19.1 Å². The van der Waals surface area contributed by atoms with Gasteiger partial charge in [0, 0.05) is 31.0 Å². The molecule has 0 spiro atoms. The SMILES string of the molecule is Cc1cn([C@H]2C[C@H](OP(O)(=S)OC[C@H]3O[C@@H](n4cnc5c(N)ncnc54)C[C@@H]3OP(O)(=S)OC[C@H]3O[C@@H](n4cnc5c(=O)[nH]c(N)nc54)C[C@@H]3O)[C@@H](CO)O2)c(=O)[nH]c1=O. The number of aryl methyl sites for hydroxylation is 1. The number of nitrogens with two attached hydrogens (primary N) is 2. The van der Waals surface area contributed by atoms with E-state index in [2.05, 4.69) is 34.9 Å². The normalized spacial score (nSPS) is 29.1. The number of H-pyrrole nitrogens is 2. The number of fused-ring (bicyclic) bond motifs is 2. The molecule has 60 heavy (non-hydrogen) atoms. The highest BCUT2D eigenvalue weighted by molar-refractivity contribution is 8.07. The summed E-state index contributed by atoms with van der Waals surface area (Å²) in [6.07, 6.45) is -3.74. The molecule has 0 aromatic carbocycles. The average molecular weight is 917 g/mol. The highest BCUT2D eigenvalue weighted by Crippen LogP contribution is 2.52. The third-order valence-corrected chi connectivity index (χ3v) is 13.2. The van der Waals surface area contributed by atoms with Crippen molar-refractivity contribution in [2.45, 2.75) is 81.5 Å². The average Bonchev–Trinajstić information content (AvgIpc) is 4.02. The molecule has 5 aromatic rings. The van der Waals surface area contributed by atoms with E-state index in [1.54, 1.807) is 4.57 Å². The lowest BCUT2D eigenvalue weighted by atomic mass is 10.2. The first-order valence-corrected chi connectivity index (χ1v) is 23.2. The van der Waals surface area contributed by atoms with E-state index in [-0.39, 0.29) is 47.8 Å². The number of aromatic amines is 2. The first-order chi connectivity index (χ1) is 28.5. The van der Waals surface area contributed by atoms with Gasteiger partial charge in [0.25, 0.3) is 11.1 Å². The van der Waals surface area contributed by atoms with Gasteiger partial charge in [0.2, 0.25) is 5.95 Å². The number of aromatic nitrogens is 10. The Bertz CT molecular complexity index is 2700. The maximum absolute atomic E-state index is 12.5. The summed E-state index contributed by atoms with van der Waals surface area (Å²) in [4.78, 5) is 84.4. The number of nitrogens with one attached hydrogen (secondary N) is 2. The molecule has 3 aliphatic heterocycles. The second-order valence-electron chi connectivity index (χ2n) is 14.0. The van der Waals surface area contributed by atoms with Crippen LogP contribution in [0.5, 0.6) is 0 Å². The first kappa shape index (κ1) is 42.7. The Labute approximate surface area is 345 Å². The van der Waals surface area contributed by atoms with Gasteiger partial charge in [-0.15, -0.1) is 0 Å². The number of nitrogen functional groups attached to an aromatic ring is 2. The van der Waals surface area contributed by atoms with Crippen LogP contribution in [0.2, 0.25) is 0 Å². The van der Waals surface area contributed by atoms with Crippen molar-refractivity contribution in [3.8, 4) is 0 Å². The molecular formula is C30H38N12O14P2S2. The summed E-state index contributed by atoms with van der Waals surface area (Å²) in [6.45, 7) is -8.27. The third-order valence-electron chi connectivity index (χ3n) is 10.0. The minimum Gasteiger partial charge on any atom is -0.394 e. The van der Waals surface area contributed by atoms with Gasteiger partial charge in [-0.1, -0.05) is 0 Å². The molecule has 30 heteroatoms. The Hall–Kier alpha value is -3.96. The number of anilines is 2. The molecule has 3 aliphatic rings. The zero-order valence-corrected chi connectivity index (χ0v) is 34.5. The van der Waals surface area contributed by atoms with Gasteiger partial charge in [-0.05, 0) is 30.5 Å². The second kappa shape index (κ2) is 16.7. The highest BCUT2D eigenvalue weighted by Gasteiger charge is 2.45. The zero-order chi connectivity index (χ0) is 42.7. The minimum absolute atomic E-state index is 0.00647. The van der Waals surface area contributed by atoms with Gasteiger partial charge < -0.3 is 63.8 Å². The van der Waals surface area contributed by atoms with Gasteiger partial charge in [0.1, 0.15) is 48.8 Å². The van der Waals surface area contributed by atoms with Crippen molar-refractivity contribution in [1.29, 1.82) is 0 Å². The summed E-state index contributed by atoms with van der Waals surface area (Å²) in [7, 11) is 0. The molecule has 8 heterocycles. The number of ether oxygens (including phenoxy) is 3. The molecule has 5 aromatic heterocycles. The van der Waals surface area contributed by atoms with Crippen molar-refractivity contribution in [2.24, 2.45) is 0 Å². The number of hydrogen-bond donors (Lipinski definition) is 8. The molecule has 0 radical (unpaired) electrons.